The van der Waals surface area contributed by atoms with Gasteiger partial charge in [0.2, 0.25) is 6.23 Å². The Balaban J connectivity index is 1.55. The largest absolute Gasteiger partial charge is 0.439 e. The first-order valence-corrected chi connectivity index (χ1v) is 10.2. The molecule has 2 heterocycles. The van der Waals surface area contributed by atoms with E-state index in [2.05, 4.69) is 15.0 Å². The highest BCUT2D eigenvalue weighted by Gasteiger charge is 2.25. The summed E-state index contributed by atoms with van der Waals surface area (Å²) in [6.07, 6.45) is -0.782. The van der Waals surface area contributed by atoms with E-state index in [9.17, 15) is 14.4 Å². The van der Waals surface area contributed by atoms with Crippen molar-refractivity contribution in [2.75, 3.05) is 11.9 Å². The number of ether oxygens (including phenoxy) is 1. The molecular formula is C21H18Cl2N4O4. The number of nitrogens with zero attached hydrogens (tertiary/aromatic N) is 1. The summed E-state index contributed by atoms with van der Waals surface area (Å²) in [6, 6.07) is 10.2. The molecule has 2 amide bonds. The summed E-state index contributed by atoms with van der Waals surface area (Å²) in [5, 5.41) is 4.48. The van der Waals surface area contributed by atoms with Crippen molar-refractivity contribution >= 4 is 58.1 Å². The topological polar surface area (TPSA) is 118 Å². The van der Waals surface area contributed by atoms with Crippen molar-refractivity contribution in [3.63, 3.8) is 0 Å². The van der Waals surface area contributed by atoms with Crippen LogP contribution in [0, 0.1) is 0 Å². The molecule has 10 heteroatoms. The molecule has 1 unspecified atom stereocenters. The van der Waals surface area contributed by atoms with Gasteiger partial charge in [-0.1, -0.05) is 23.2 Å². The van der Waals surface area contributed by atoms with Gasteiger partial charge in [0, 0.05) is 44.4 Å². The smallest absolute Gasteiger partial charge is 0.295 e. The predicted octanol–water partition coefficient (Wildman–Crippen LogP) is 3.07. The molecule has 4 rings (SSSR count). The maximum Gasteiger partial charge on any atom is 0.295 e. The lowest BCUT2D eigenvalue weighted by Gasteiger charge is -2.27. The van der Waals surface area contributed by atoms with Crippen LogP contribution in [0.1, 0.15) is 21.6 Å². The Morgan fingerprint density at radius 2 is 2.00 bits per heavy atom. The summed E-state index contributed by atoms with van der Waals surface area (Å²) < 4.78 is 4.41. The molecule has 2 aromatic carbocycles. The highest BCUT2D eigenvalue weighted by atomic mass is 35.5. The molecule has 1 aromatic heterocycles. The number of aromatic nitrogens is 1. The zero-order valence-electron chi connectivity index (χ0n) is 16.2. The number of hydrogen-bond donors (Lipinski definition) is 3. The predicted molar refractivity (Wildman–Crippen MR) is 117 cm³/mol. The van der Waals surface area contributed by atoms with Gasteiger partial charge in [-0.15, -0.1) is 0 Å². The molecule has 4 N–H and O–H groups in total. The third-order valence-electron chi connectivity index (χ3n) is 5.10. The fraction of sp³-hybridized carbons (Fsp3) is 0.190. The number of benzene rings is 2. The van der Waals surface area contributed by atoms with Gasteiger partial charge in [0.1, 0.15) is 0 Å². The molecule has 0 spiro atoms. The number of amides is 2. The minimum atomic E-state index is -1.47. The minimum Gasteiger partial charge on any atom is -0.439 e. The van der Waals surface area contributed by atoms with Crippen molar-refractivity contribution in [1.29, 1.82) is 0 Å². The number of rotatable bonds is 5. The Morgan fingerprint density at radius 3 is 2.77 bits per heavy atom. The van der Waals surface area contributed by atoms with E-state index in [0.717, 1.165) is 22.2 Å². The number of carbonyl (C=O) groups is 3. The molecule has 0 saturated carbocycles. The lowest BCUT2D eigenvalue weighted by molar-refractivity contribution is -0.141. The van der Waals surface area contributed by atoms with E-state index in [4.69, 9.17) is 28.9 Å². The lowest BCUT2D eigenvalue weighted by atomic mass is 10.0. The molecular weight excluding hydrogens is 443 g/mol. The normalized spacial score (nSPS) is 14.1. The van der Waals surface area contributed by atoms with Crippen molar-refractivity contribution in [1.82, 2.24) is 9.88 Å². The fourth-order valence-electron chi connectivity index (χ4n) is 3.69. The molecule has 0 aliphatic carbocycles. The summed E-state index contributed by atoms with van der Waals surface area (Å²) in [5.41, 5.74) is 9.11. The number of hydrogen-bond acceptors (Lipinski definition) is 5. The van der Waals surface area contributed by atoms with Gasteiger partial charge in [0.15, 0.2) is 0 Å². The number of aromatic amines is 1. The van der Waals surface area contributed by atoms with Gasteiger partial charge in [-0.3, -0.25) is 20.1 Å². The van der Waals surface area contributed by atoms with E-state index in [1.165, 1.54) is 18.2 Å². The van der Waals surface area contributed by atoms with E-state index >= 15 is 0 Å². The zero-order valence-corrected chi connectivity index (χ0v) is 17.7. The maximum absolute atomic E-state index is 13.1. The average Bonchev–Trinajstić information content (AvgIpc) is 3.09. The second-order valence-corrected chi connectivity index (χ2v) is 7.99. The molecule has 1 aliphatic heterocycles. The second kappa shape index (κ2) is 8.58. The number of anilines is 1. The zero-order chi connectivity index (χ0) is 22.1. The average molecular weight is 461 g/mol. The summed E-state index contributed by atoms with van der Waals surface area (Å²) in [4.78, 5) is 40.5. The van der Waals surface area contributed by atoms with Crippen molar-refractivity contribution in [2.45, 2.75) is 19.2 Å². The summed E-state index contributed by atoms with van der Waals surface area (Å²) >= 11 is 12.3. The van der Waals surface area contributed by atoms with Crippen LogP contribution in [-0.4, -0.2) is 40.9 Å². The van der Waals surface area contributed by atoms with Crippen LogP contribution < -0.4 is 11.1 Å². The van der Waals surface area contributed by atoms with Crippen LogP contribution in [0.3, 0.4) is 0 Å². The van der Waals surface area contributed by atoms with Crippen molar-refractivity contribution in [2.24, 2.45) is 5.73 Å². The molecule has 1 atom stereocenters. The van der Waals surface area contributed by atoms with Crippen LogP contribution in [0.15, 0.2) is 36.4 Å². The Morgan fingerprint density at radius 1 is 1.19 bits per heavy atom. The number of fused-ring (bicyclic) bond motifs is 3. The molecule has 0 fully saturated rings. The highest BCUT2D eigenvalue weighted by molar-refractivity contribution is 6.31. The van der Waals surface area contributed by atoms with Crippen LogP contribution >= 0.6 is 23.2 Å². The van der Waals surface area contributed by atoms with Crippen molar-refractivity contribution in [3.8, 4) is 0 Å². The molecule has 0 bridgehead atoms. The Hall–Kier alpha value is -3.07. The quantitative estimate of drug-likeness (QED) is 0.399. The Bertz CT molecular complexity index is 1190. The summed E-state index contributed by atoms with van der Waals surface area (Å²) in [5.74, 6) is -0.971. The number of halogens is 2. The summed E-state index contributed by atoms with van der Waals surface area (Å²) in [7, 11) is 0. The first-order chi connectivity index (χ1) is 14.9. The minimum absolute atomic E-state index is 0.0831. The first-order valence-electron chi connectivity index (χ1n) is 9.40. The second-order valence-electron chi connectivity index (χ2n) is 7.12. The van der Waals surface area contributed by atoms with Gasteiger partial charge < -0.3 is 19.9 Å². The summed E-state index contributed by atoms with van der Waals surface area (Å²) in [6.45, 7) is 1.02. The number of H-pyrrole nitrogens is 1. The van der Waals surface area contributed by atoms with E-state index in [-0.39, 0.29) is 23.1 Å². The van der Waals surface area contributed by atoms with Gasteiger partial charge in [0.05, 0.1) is 6.54 Å². The van der Waals surface area contributed by atoms with E-state index in [0.29, 0.717) is 30.1 Å². The van der Waals surface area contributed by atoms with Crippen LogP contribution in [0.2, 0.25) is 10.0 Å². The fourth-order valence-corrected chi connectivity index (χ4v) is 4.10. The SMILES string of the molecule is NC(OC=O)C(=O)Nc1cc(Cl)cc(C(=O)N2CCc3c([nH]c4ccc(Cl)cc34)C2)c1. The highest BCUT2D eigenvalue weighted by Crippen LogP contribution is 2.30. The molecule has 31 heavy (non-hydrogen) atoms. The standard InChI is InChI=1S/C21H18Cl2N4O4/c22-12-1-2-17-16(8-12)15-3-4-27(9-18(15)26-17)21(30)11-5-13(23)7-14(6-11)25-20(29)19(24)31-10-28/h1-2,5-8,10,19,26H,3-4,9,24H2,(H,25,29). The van der Waals surface area contributed by atoms with E-state index in [1.807, 2.05) is 18.2 Å². The number of nitrogens with one attached hydrogen (secondary N) is 2. The number of carbonyl (C=O) groups excluding carboxylic acids is 3. The molecule has 0 saturated heterocycles. The van der Waals surface area contributed by atoms with E-state index < -0.39 is 12.1 Å². The first kappa shape index (κ1) is 21.2. The molecule has 3 aromatic rings. The number of nitrogens with two attached hydrogens (primary N) is 1. The third kappa shape index (κ3) is 4.36. The van der Waals surface area contributed by atoms with Gasteiger partial charge in [-0.25, -0.2) is 0 Å². The monoisotopic (exact) mass is 460 g/mol. The van der Waals surface area contributed by atoms with Crippen molar-refractivity contribution < 1.29 is 19.1 Å². The Kier molecular flexibility index (Phi) is 5.86. The Labute approximate surface area is 187 Å². The van der Waals surface area contributed by atoms with Gasteiger partial charge in [0.25, 0.3) is 18.3 Å². The third-order valence-corrected chi connectivity index (χ3v) is 5.55. The molecule has 1 aliphatic rings. The van der Waals surface area contributed by atoms with Crippen LogP contribution in [0.4, 0.5) is 5.69 Å². The van der Waals surface area contributed by atoms with Crippen LogP contribution in [-0.2, 0) is 27.3 Å². The van der Waals surface area contributed by atoms with E-state index in [1.54, 1.807) is 4.90 Å². The van der Waals surface area contributed by atoms with Crippen LogP contribution in [0.25, 0.3) is 10.9 Å². The van der Waals surface area contributed by atoms with Crippen LogP contribution in [0.5, 0.6) is 0 Å². The molecule has 0 radical (unpaired) electrons. The van der Waals surface area contributed by atoms with Gasteiger partial charge in [-0.2, -0.15) is 0 Å². The van der Waals surface area contributed by atoms with Gasteiger partial charge in [-0.05, 0) is 48.4 Å². The maximum atomic E-state index is 13.1. The molecule has 8 nitrogen and oxygen atoms in total. The van der Waals surface area contributed by atoms with Crippen molar-refractivity contribution in [3.05, 3.63) is 63.3 Å². The molecule has 160 valence electrons. The van der Waals surface area contributed by atoms with Gasteiger partial charge >= 0.3 is 0 Å². The lowest BCUT2D eigenvalue weighted by Crippen LogP contribution is -2.38.